The molecule has 0 radical (unpaired) electrons. The van der Waals surface area contributed by atoms with E-state index >= 15 is 0 Å². The van der Waals surface area contributed by atoms with Crippen molar-refractivity contribution in [3.05, 3.63) is 52.1 Å². The molecule has 2 aliphatic rings. The molecule has 30 heavy (non-hydrogen) atoms. The number of anilines is 3. The minimum atomic E-state index is -0.598. The maximum Gasteiger partial charge on any atom is 0.270 e. The van der Waals surface area contributed by atoms with Crippen LogP contribution in [0.1, 0.15) is 17.3 Å². The SMILES string of the molecule is C[C@@H]1Oc2ccc(NC(=O)c3cc([N+](=O)[O-])ccc3N3CCOCC3)cc2NC1=O. The van der Waals surface area contributed by atoms with Gasteiger partial charge in [-0.15, -0.1) is 0 Å². The summed E-state index contributed by atoms with van der Waals surface area (Å²) in [5.74, 6) is -0.264. The van der Waals surface area contributed by atoms with Gasteiger partial charge in [-0.25, -0.2) is 0 Å². The van der Waals surface area contributed by atoms with Crippen molar-refractivity contribution < 1.29 is 24.0 Å². The van der Waals surface area contributed by atoms with E-state index in [2.05, 4.69) is 10.6 Å². The number of hydrogen-bond donors (Lipinski definition) is 2. The van der Waals surface area contributed by atoms with Crippen LogP contribution in [-0.4, -0.2) is 49.1 Å². The monoisotopic (exact) mass is 412 g/mol. The smallest absolute Gasteiger partial charge is 0.270 e. The highest BCUT2D eigenvalue weighted by molar-refractivity contribution is 6.09. The Morgan fingerprint density at radius 2 is 2.00 bits per heavy atom. The number of non-ortho nitro benzene ring substituents is 1. The zero-order chi connectivity index (χ0) is 21.3. The third-order valence-electron chi connectivity index (χ3n) is 4.96. The quantitative estimate of drug-likeness (QED) is 0.584. The van der Waals surface area contributed by atoms with Crippen LogP contribution in [0.3, 0.4) is 0 Å². The molecule has 2 aromatic rings. The van der Waals surface area contributed by atoms with Gasteiger partial charge in [-0.1, -0.05) is 0 Å². The molecular formula is C20H20N4O6. The van der Waals surface area contributed by atoms with Crippen molar-refractivity contribution >= 4 is 34.6 Å². The Morgan fingerprint density at radius 1 is 1.23 bits per heavy atom. The topological polar surface area (TPSA) is 123 Å². The Labute approximate surface area is 171 Å². The fourth-order valence-electron chi connectivity index (χ4n) is 3.38. The maximum absolute atomic E-state index is 13.0. The average molecular weight is 412 g/mol. The largest absolute Gasteiger partial charge is 0.479 e. The molecular weight excluding hydrogens is 392 g/mol. The first-order chi connectivity index (χ1) is 14.4. The van der Waals surface area contributed by atoms with E-state index in [0.29, 0.717) is 49.1 Å². The van der Waals surface area contributed by atoms with Crippen LogP contribution in [-0.2, 0) is 9.53 Å². The van der Waals surface area contributed by atoms with Gasteiger partial charge in [0.05, 0.1) is 35.1 Å². The van der Waals surface area contributed by atoms with Crippen LogP contribution in [0, 0.1) is 10.1 Å². The Kier molecular flexibility index (Phi) is 5.23. The van der Waals surface area contributed by atoms with Gasteiger partial charge >= 0.3 is 0 Å². The number of nitro benzene ring substituents is 1. The molecule has 0 unspecified atom stereocenters. The summed E-state index contributed by atoms with van der Waals surface area (Å²) in [6.07, 6.45) is -0.598. The van der Waals surface area contributed by atoms with Gasteiger partial charge in [0.25, 0.3) is 17.5 Å². The molecule has 156 valence electrons. The van der Waals surface area contributed by atoms with Crippen LogP contribution in [0.4, 0.5) is 22.7 Å². The van der Waals surface area contributed by atoms with Gasteiger partial charge in [-0.2, -0.15) is 0 Å². The number of amides is 2. The summed E-state index contributed by atoms with van der Waals surface area (Å²) in [6, 6.07) is 9.12. The van der Waals surface area contributed by atoms with Gasteiger partial charge < -0.3 is 25.0 Å². The zero-order valence-electron chi connectivity index (χ0n) is 16.2. The Morgan fingerprint density at radius 3 is 2.73 bits per heavy atom. The minimum Gasteiger partial charge on any atom is -0.479 e. The molecule has 1 atom stereocenters. The Hall–Kier alpha value is -3.66. The lowest BCUT2D eigenvalue weighted by molar-refractivity contribution is -0.384. The zero-order valence-corrected chi connectivity index (χ0v) is 16.2. The first kappa shape index (κ1) is 19.6. The van der Waals surface area contributed by atoms with Crippen molar-refractivity contribution in [2.45, 2.75) is 13.0 Å². The van der Waals surface area contributed by atoms with Crippen molar-refractivity contribution in [1.82, 2.24) is 0 Å². The molecule has 4 rings (SSSR count). The number of ether oxygens (including phenoxy) is 2. The standard InChI is InChI=1S/C20H20N4O6/c1-12-19(25)22-16-10-13(2-5-18(16)30-12)21-20(26)15-11-14(24(27)28)3-4-17(15)23-6-8-29-9-7-23/h2-5,10-12H,6-9H2,1H3,(H,21,26)(H,22,25)/t12-/m0/s1. The number of carbonyl (C=O) groups excluding carboxylic acids is 2. The second kappa shape index (κ2) is 7.99. The summed E-state index contributed by atoms with van der Waals surface area (Å²) >= 11 is 0. The predicted octanol–water partition coefficient (Wildman–Crippen LogP) is 2.40. The normalized spacial score (nSPS) is 18.1. The average Bonchev–Trinajstić information content (AvgIpc) is 2.75. The van der Waals surface area contributed by atoms with Gasteiger partial charge in [0.1, 0.15) is 5.75 Å². The summed E-state index contributed by atoms with van der Waals surface area (Å²) in [5.41, 5.74) is 1.50. The summed E-state index contributed by atoms with van der Waals surface area (Å²) in [4.78, 5) is 37.5. The first-order valence-electron chi connectivity index (χ1n) is 9.46. The molecule has 2 aliphatic heterocycles. The van der Waals surface area contributed by atoms with Crippen LogP contribution in [0.15, 0.2) is 36.4 Å². The number of morpholine rings is 1. The second-order valence-electron chi connectivity index (χ2n) is 6.97. The molecule has 0 spiro atoms. The molecule has 0 aromatic heterocycles. The number of nitro groups is 1. The molecule has 10 nitrogen and oxygen atoms in total. The summed E-state index contributed by atoms with van der Waals surface area (Å²) in [6.45, 7) is 3.84. The van der Waals surface area contributed by atoms with Crippen molar-refractivity contribution in [3.8, 4) is 5.75 Å². The summed E-state index contributed by atoms with van der Waals surface area (Å²) in [7, 11) is 0. The van der Waals surface area contributed by atoms with Crippen molar-refractivity contribution in [3.63, 3.8) is 0 Å². The highest BCUT2D eigenvalue weighted by Crippen LogP contribution is 2.33. The summed E-state index contributed by atoms with van der Waals surface area (Å²) < 4.78 is 10.9. The van der Waals surface area contributed by atoms with E-state index in [-0.39, 0.29) is 17.2 Å². The van der Waals surface area contributed by atoms with Crippen LogP contribution in [0.25, 0.3) is 0 Å². The lowest BCUT2D eigenvalue weighted by Crippen LogP contribution is -2.37. The van der Waals surface area contributed by atoms with Gasteiger partial charge in [-0.3, -0.25) is 19.7 Å². The number of rotatable bonds is 4. The molecule has 1 fully saturated rings. The molecule has 2 aromatic carbocycles. The van der Waals surface area contributed by atoms with Crippen molar-refractivity contribution in [1.29, 1.82) is 0 Å². The molecule has 2 amide bonds. The summed E-state index contributed by atoms with van der Waals surface area (Å²) in [5, 5.41) is 16.7. The highest BCUT2D eigenvalue weighted by atomic mass is 16.6. The number of nitrogens with one attached hydrogen (secondary N) is 2. The van der Waals surface area contributed by atoms with Crippen LogP contribution >= 0.6 is 0 Å². The van der Waals surface area contributed by atoms with Crippen molar-refractivity contribution in [2.24, 2.45) is 0 Å². The first-order valence-corrected chi connectivity index (χ1v) is 9.46. The Balaban J connectivity index is 1.62. The molecule has 0 bridgehead atoms. The fourth-order valence-corrected chi connectivity index (χ4v) is 3.38. The molecule has 0 aliphatic carbocycles. The lowest BCUT2D eigenvalue weighted by atomic mass is 10.1. The molecule has 1 saturated heterocycles. The minimum absolute atomic E-state index is 0.169. The number of benzene rings is 2. The fraction of sp³-hybridized carbons (Fsp3) is 0.300. The van der Waals surface area contributed by atoms with Crippen LogP contribution in [0.5, 0.6) is 5.75 Å². The predicted molar refractivity (Wildman–Crippen MR) is 109 cm³/mol. The van der Waals surface area contributed by atoms with Gasteiger partial charge in [0.15, 0.2) is 6.10 Å². The van der Waals surface area contributed by atoms with Crippen LogP contribution in [0.2, 0.25) is 0 Å². The van der Waals surface area contributed by atoms with Gasteiger partial charge in [0, 0.05) is 30.9 Å². The molecule has 2 heterocycles. The molecule has 2 N–H and O–H groups in total. The van der Waals surface area contributed by atoms with E-state index < -0.39 is 16.9 Å². The lowest BCUT2D eigenvalue weighted by Gasteiger charge is -2.30. The van der Waals surface area contributed by atoms with E-state index in [1.807, 2.05) is 4.90 Å². The number of carbonyl (C=O) groups is 2. The van der Waals surface area contributed by atoms with Gasteiger partial charge in [-0.05, 0) is 31.2 Å². The van der Waals surface area contributed by atoms with E-state index in [1.54, 1.807) is 31.2 Å². The van der Waals surface area contributed by atoms with Gasteiger partial charge in [0.2, 0.25) is 0 Å². The number of nitrogens with zero attached hydrogens (tertiary/aromatic N) is 2. The number of hydrogen-bond acceptors (Lipinski definition) is 7. The second-order valence-corrected chi connectivity index (χ2v) is 6.97. The molecule has 10 heteroatoms. The third kappa shape index (κ3) is 3.90. The third-order valence-corrected chi connectivity index (χ3v) is 4.96. The van der Waals surface area contributed by atoms with E-state index in [9.17, 15) is 19.7 Å². The van der Waals surface area contributed by atoms with Crippen LogP contribution < -0.4 is 20.3 Å². The highest BCUT2D eigenvalue weighted by Gasteiger charge is 2.25. The molecule has 0 saturated carbocycles. The Bertz CT molecular complexity index is 1020. The number of fused-ring (bicyclic) bond motifs is 1. The van der Waals surface area contributed by atoms with Crippen molar-refractivity contribution in [2.75, 3.05) is 41.8 Å². The van der Waals surface area contributed by atoms with E-state index in [0.717, 1.165) is 0 Å². The van der Waals surface area contributed by atoms with E-state index in [1.165, 1.54) is 12.1 Å². The maximum atomic E-state index is 13.0. The van der Waals surface area contributed by atoms with E-state index in [4.69, 9.17) is 9.47 Å².